The molecule has 32 heavy (non-hydrogen) atoms. The van der Waals surface area contributed by atoms with Crippen LogP contribution in [0.5, 0.6) is 0 Å². The van der Waals surface area contributed by atoms with Gasteiger partial charge in [-0.3, -0.25) is 13.7 Å². The highest BCUT2D eigenvalue weighted by atomic mass is 31.3. The SMILES string of the molecule is C[N+](C)(C)CCO.Nc1ccn([C@H]2C[C@H](O)[C@@H](COP(=O)([O-])OP(=O)([O-])O)O2)c(=O)n1.[NH4+]. The molecule has 2 rings (SSSR count). The van der Waals surface area contributed by atoms with Crippen molar-refractivity contribution >= 4 is 21.5 Å². The van der Waals surface area contributed by atoms with E-state index in [-0.39, 0.29) is 25.0 Å². The molecule has 16 nitrogen and oxygen atoms in total. The molecule has 0 radical (unpaired) electrons. The van der Waals surface area contributed by atoms with E-state index in [0.29, 0.717) is 0 Å². The molecule has 18 heteroatoms. The first-order valence-electron chi connectivity index (χ1n) is 8.83. The summed E-state index contributed by atoms with van der Waals surface area (Å²) in [7, 11) is -4.76. The van der Waals surface area contributed by atoms with Gasteiger partial charge in [0, 0.05) is 12.6 Å². The molecule has 188 valence electrons. The van der Waals surface area contributed by atoms with Crippen LogP contribution >= 0.6 is 15.6 Å². The fourth-order valence-corrected chi connectivity index (χ4v) is 3.82. The smallest absolute Gasteiger partial charge is 0.351 e. The number of likely N-dealkylation sites (N-methyl/N-ethyl adjacent to an activating group) is 1. The number of rotatable bonds is 8. The molecular weight excluding hydrogens is 476 g/mol. The highest BCUT2D eigenvalue weighted by Gasteiger charge is 2.36. The Balaban J connectivity index is 0.00000104. The van der Waals surface area contributed by atoms with Crippen LogP contribution < -0.4 is 27.4 Å². The van der Waals surface area contributed by atoms with Gasteiger partial charge in [-0.15, -0.1) is 0 Å². The standard InChI is InChI=1S/C9H15N3O10P2.C5H14NO.H3N/c10-7-1-2-12(9(14)11-7)8-3-5(13)6(21-8)4-20-24(18,19)22-23(15,16)17;1-6(2,3)4-5-7;/h1-2,5-6,8,13H,3-4H2,(H,18,19)(H2,10,11,14)(H2,15,16,17);7H,4-5H2,1-3H3;1H3/q;+1;/p-1/t5-,6+,8+;;/m0../s1. The highest BCUT2D eigenvalue weighted by Crippen LogP contribution is 2.52. The maximum absolute atomic E-state index is 11.7. The van der Waals surface area contributed by atoms with Crippen molar-refractivity contribution in [1.82, 2.24) is 15.7 Å². The monoisotopic (exact) mass is 507 g/mol. The fraction of sp³-hybridized carbons (Fsp3) is 0.714. The molecule has 0 bridgehead atoms. The molecule has 1 fully saturated rings. The summed E-state index contributed by atoms with van der Waals surface area (Å²) in [4.78, 5) is 45.1. The summed E-state index contributed by atoms with van der Waals surface area (Å²) in [5, 5.41) is 18.2. The molecule has 1 aliphatic heterocycles. The van der Waals surface area contributed by atoms with Crippen LogP contribution in [0.15, 0.2) is 17.1 Å². The summed E-state index contributed by atoms with van der Waals surface area (Å²) in [5.74, 6) is -0.00910. The summed E-state index contributed by atoms with van der Waals surface area (Å²) < 4.78 is 36.3. The van der Waals surface area contributed by atoms with E-state index < -0.39 is 46.4 Å². The second-order valence-electron chi connectivity index (χ2n) is 7.51. The Bertz CT molecular complexity index is 871. The molecule has 2 unspecified atom stereocenters. The van der Waals surface area contributed by atoms with Crippen molar-refractivity contribution in [3.63, 3.8) is 0 Å². The van der Waals surface area contributed by atoms with Gasteiger partial charge in [-0.05, 0) is 6.07 Å². The number of anilines is 1. The third kappa shape index (κ3) is 11.6. The zero-order chi connectivity index (χ0) is 24.0. The van der Waals surface area contributed by atoms with Crippen molar-refractivity contribution < 1.29 is 52.1 Å². The van der Waals surface area contributed by atoms with Crippen LogP contribution in [0.1, 0.15) is 12.6 Å². The van der Waals surface area contributed by atoms with Crippen LogP contribution in [0.2, 0.25) is 0 Å². The number of ether oxygens (including phenoxy) is 1. The zero-order valence-corrected chi connectivity index (χ0v) is 19.9. The molecule has 2 heterocycles. The van der Waals surface area contributed by atoms with E-state index in [4.69, 9.17) is 20.5 Å². The predicted molar refractivity (Wildman–Crippen MR) is 108 cm³/mol. The van der Waals surface area contributed by atoms with E-state index in [2.05, 4.69) is 35.0 Å². The van der Waals surface area contributed by atoms with Crippen LogP contribution in [0.25, 0.3) is 0 Å². The minimum atomic E-state index is -5.55. The Morgan fingerprint density at radius 1 is 1.38 bits per heavy atom. The minimum absolute atomic E-state index is 0. The first-order valence-corrected chi connectivity index (χ1v) is 11.8. The van der Waals surface area contributed by atoms with Gasteiger partial charge in [-0.25, -0.2) is 9.11 Å². The van der Waals surface area contributed by atoms with E-state index in [1.807, 2.05) is 0 Å². The second-order valence-corrected chi connectivity index (χ2v) is 10.2. The van der Waals surface area contributed by atoms with Gasteiger partial charge < -0.3 is 50.5 Å². The van der Waals surface area contributed by atoms with E-state index in [1.54, 1.807) is 0 Å². The van der Waals surface area contributed by atoms with Crippen molar-refractivity contribution in [2.75, 3.05) is 46.6 Å². The topological polar surface area (TPSA) is 266 Å². The molecule has 0 aromatic carbocycles. The third-order valence-electron chi connectivity index (χ3n) is 3.74. The summed E-state index contributed by atoms with van der Waals surface area (Å²) in [5.41, 5.74) is 4.61. The number of nitrogen functional groups attached to an aromatic ring is 1. The lowest BCUT2D eigenvalue weighted by molar-refractivity contribution is -0.870. The predicted octanol–water partition coefficient (Wildman–Crippen LogP) is -2.50. The summed E-state index contributed by atoms with van der Waals surface area (Å²) >= 11 is 0. The molecule has 5 atom stereocenters. The number of phosphoric ester groups is 1. The van der Waals surface area contributed by atoms with Crippen LogP contribution in [0.3, 0.4) is 0 Å². The molecule has 9 N–H and O–H groups in total. The van der Waals surface area contributed by atoms with Crippen molar-refractivity contribution in [2.45, 2.75) is 24.9 Å². The number of aromatic nitrogens is 2. The number of hydrogen-bond donors (Lipinski definition) is 5. The maximum atomic E-state index is 11.7. The van der Waals surface area contributed by atoms with E-state index in [9.17, 15) is 28.8 Å². The normalized spacial score (nSPS) is 24.4. The molecule has 0 saturated carbocycles. The molecule has 1 aromatic heterocycles. The first-order chi connectivity index (χ1) is 14.0. The minimum Gasteiger partial charge on any atom is -0.756 e. The van der Waals surface area contributed by atoms with Gasteiger partial charge >= 0.3 is 5.69 Å². The summed E-state index contributed by atoms with van der Waals surface area (Å²) in [6.07, 6.45) is -2.16. The molecule has 1 saturated heterocycles. The van der Waals surface area contributed by atoms with Crippen LogP contribution in [-0.4, -0.2) is 82.3 Å². The largest absolute Gasteiger partial charge is 0.756 e. The number of nitrogens with zero attached hydrogens (tertiary/aromatic N) is 3. The van der Waals surface area contributed by atoms with Gasteiger partial charge in [-0.2, -0.15) is 4.98 Å². The van der Waals surface area contributed by atoms with Crippen molar-refractivity contribution in [3.05, 3.63) is 22.7 Å². The van der Waals surface area contributed by atoms with Crippen LogP contribution in [-0.2, 0) is 22.7 Å². The number of phosphoric acid groups is 2. The van der Waals surface area contributed by atoms with Gasteiger partial charge in [-0.1, -0.05) is 0 Å². The number of aliphatic hydroxyl groups is 2. The Hall–Kier alpha value is -1.26. The molecule has 0 aliphatic carbocycles. The molecule has 1 aromatic rings. The summed E-state index contributed by atoms with van der Waals surface area (Å²) in [6, 6.07) is 1.33. The van der Waals surface area contributed by atoms with Crippen molar-refractivity contribution in [2.24, 2.45) is 0 Å². The van der Waals surface area contributed by atoms with Gasteiger partial charge in [0.05, 0.1) is 40.5 Å². The number of nitrogens with two attached hydrogens (primary N) is 1. The zero-order valence-electron chi connectivity index (χ0n) is 18.1. The van der Waals surface area contributed by atoms with Crippen LogP contribution in [0.4, 0.5) is 5.82 Å². The lowest BCUT2D eigenvalue weighted by Gasteiger charge is -2.28. The van der Waals surface area contributed by atoms with Gasteiger partial charge in [0.2, 0.25) is 0 Å². The average molecular weight is 507 g/mol. The van der Waals surface area contributed by atoms with Crippen LogP contribution in [0, 0.1) is 0 Å². The quantitative estimate of drug-likeness (QED) is 0.180. The number of hydrogen-bond acceptors (Lipinski definition) is 12. The molecular formula is C14H31N5O11P2. The number of aliphatic hydroxyl groups excluding tert-OH is 2. The Morgan fingerprint density at radius 2 is 1.97 bits per heavy atom. The number of quaternary nitrogens is 2. The Kier molecular flexibility index (Phi) is 11.8. The lowest BCUT2D eigenvalue weighted by atomic mass is 10.2. The van der Waals surface area contributed by atoms with E-state index in [0.717, 1.165) is 15.6 Å². The maximum Gasteiger partial charge on any atom is 0.351 e. The van der Waals surface area contributed by atoms with Gasteiger partial charge in [0.15, 0.2) is 0 Å². The van der Waals surface area contributed by atoms with Crippen molar-refractivity contribution in [1.29, 1.82) is 0 Å². The van der Waals surface area contributed by atoms with Gasteiger partial charge in [0.25, 0.3) is 15.6 Å². The average Bonchev–Trinajstić information content (AvgIpc) is 2.91. The highest BCUT2D eigenvalue weighted by molar-refractivity contribution is 7.59. The molecule has 0 spiro atoms. The third-order valence-corrected chi connectivity index (χ3v) is 5.83. The second kappa shape index (κ2) is 12.3. The molecule has 0 amide bonds. The first kappa shape index (κ1) is 30.7. The van der Waals surface area contributed by atoms with Gasteiger partial charge in [0.1, 0.15) is 24.7 Å². The lowest BCUT2D eigenvalue weighted by Crippen LogP contribution is -2.36. The molecule has 1 aliphatic rings. The summed E-state index contributed by atoms with van der Waals surface area (Å²) in [6.45, 7) is 0.319. The van der Waals surface area contributed by atoms with Crippen molar-refractivity contribution in [3.8, 4) is 0 Å². The fourth-order valence-electron chi connectivity index (χ4n) is 2.30. The Labute approximate surface area is 184 Å². The van der Waals surface area contributed by atoms with E-state index in [1.165, 1.54) is 12.3 Å². The Morgan fingerprint density at radius 3 is 2.41 bits per heavy atom. The van der Waals surface area contributed by atoms with E-state index >= 15 is 0 Å².